The minimum Gasteiger partial charge on any atom is -0.494 e. The minimum absolute atomic E-state index is 0.0500. The molecule has 1 aliphatic heterocycles. The Morgan fingerprint density at radius 1 is 1.46 bits per heavy atom. The number of hydrazone groups is 1. The average Bonchev–Trinajstić information content (AvgIpc) is 3.23. The molecular formula is C17H20N4O4S. The van der Waals surface area contributed by atoms with Crippen LogP contribution >= 0.6 is 11.3 Å². The van der Waals surface area contributed by atoms with E-state index in [0.29, 0.717) is 25.1 Å². The fourth-order valence-electron chi connectivity index (χ4n) is 3.00. The highest BCUT2D eigenvalue weighted by Crippen LogP contribution is 2.35. The number of hydrogen-bond acceptors (Lipinski definition) is 6. The highest BCUT2D eigenvalue weighted by atomic mass is 32.1. The summed E-state index contributed by atoms with van der Waals surface area (Å²) in [6.45, 7) is 3.66. The number of carbonyl (C=O) groups excluding carboxylic acids is 1. The van der Waals surface area contributed by atoms with Crippen LogP contribution in [0.15, 0.2) is 32.2 Å². The van der Waals surface area contributed by atoms with Crippen LogP contribution in [0.2, 0.25) is 0 Å². The summed E-state index contributed by atoms with van der Waals surface area (Å²) in [5, 5.41) is 18.0. The van der Waals surface area contributed by atoms with E-state index in [1.165, 1.54) is 23.3 Å². The van der Waals surface area contributed by atoms with Gasteiger partial charge in [-0.05, 0) is 17.9 Å². The van der Waals surface area contributed by atoms with Crippen LogP contribution in [0.3, 0.4) is 0 Å². The summed E-state index contributed by atoms with van der Waals surface area (Å²) in [6, 6.07) is 3.46. The van der Waals surface area contributed by atoms with Gasteiger partial charge in [0.2, 0.25) is 11.8 Å². The molecule has 9 heteroatoms. The summed E-state index contributed by atoms with van der Waals surface area (Å²) >= 11 is 1.49. The van der Waals surface area contributed by atoms with Crippen LogP contribution in [-0.2, 0) is 11.3 Å². The van der Waals surface area contributed by atoms with E-state index in [9.17, 15) is 19.5 Å². The Hall–Kier alpha value is -2.68. The fourth-order valence-corrected chi connectivity index (χ4v) is 3.81. The summed E-state index contributed by atoms with van der Waals surface area (Å²) in [5.74, 6) is -0.657. The molecule has 0 radical (unpaired) electrons. The Bertz CT molecular complexity index is 958. The van der Waals surface area contributed by atoms with Gasteiger partial charge in [-0.3, -0.25) is 19.1 Å². The van der Waals surface area contributed by atoms with Gasteiger partial charge >= 0.3 is 5.69 Å². The molecule has 1 atom stereocenters. The monoisotopic (exact) mass is 376 g/mol. The van der Waals surface area contributed by atoms with Crippen LogP contribution in [0.25, 0.3) is 0 Å². The molecular weight excluding hydrogens is 356 g/mol. The van der Waals surface area contributed by atoms with Crippen molar-refractivity contribution in [2.45, 2.75) is 45.7 Å². The summed E-state index contributed by atoms with van der Waals surface area (Å²) in [7, 11) is 0. The predicted octanol–water partition coefficient (Wildman–Crippen LogP) is 1.80. The van der Waals surface area contributed by atoms with E-state index in [1.54, 1.807) is 0 Å². The molecule has 26 heavy (non-hydrogen) atoms. The molecule has 0 unspecified atom stereocenters. The number of H-pyrrole nitrogens is 1. The number of carbonyl (C=O) groups is 1. The molecule has 2 aromatic rings. The van der Waals surface area contributed by atoms with Gasteiger partial charge in [0.05, 0.1) is 11.8 Å². The topological polar surface area (TPSA) is 108 Å². The van der Waals surface area contributed by atoms with Crippen molar-refractivity contribution in [1.29, 1.82) is 0 Å². The SMILES string of the molecule is CCCCn1c(O)c(C2=NN(C(C)=O)[C@H](c3cccs3)C2)c(=O)[nH]c1=O. The van der Waals surface area contributed by atoms with E-state index in [1.807, 2.05) is 24.4 Å². The van der Waals surface area contributed by atoms with Crippen molar-refractivity contribution in [2.24, 2.45) is 5.10 Å². The number of aromatic hydroxyl groups is 1. The highest BCUT2D eigenvalue weighted by molar-refractivity contribution is 7.10. The second kappa shape index (κ2) is 7.28. The zero-order valence-electron chi connectivity index (χ0n) is 14.6. The van der Waals surface area contributed by atoms with E-state index in [0.717, 1.165) is 15.9 Å². The Balaban J connectivity index is 2.06. The third kappa shape index (κ3) is 3.22. The molecule has 2 aromatic heterocycles. The van der Waals surface area contributed by atoms with Gasteiger partial charge in [0.1, 0.15) is 5.56 Å². The molecule has 0 aliphatic carbocycles. The van der Waals surface area contributed by atoms with Crippen LogP contribution in [0, 0.1) is 0 Å². The standard InChI is InChI=1S/C17H20N4O4S/c1-3-4-7-20-16(24)14(15(23)18-17(20)25)11-9-12(13-6-5-8-26-13)21(19-11)10(2)22/h5-6,8,12,24H,3-4,7,9H2,1-2H3,(H,18,23,25)/t12-/m0/s1. The lowest BCUT2D eigenvalue weighted by Crippen LogP contribution is -2.33. The first kappa shape index (κ1) is 18.1. The highest BCUT2D eigenvalue weighted by Gasteiger charge is 2.34. The molecule has 0 bridgehead atoms. The largest absolute Gasteiger partial charge is 0.494 e. The molecule has 0 fully saturated rings. The third-order valence-corrected chi connectivity index (χ3v) is 5.27. The number of nitrogens with one attached hydrogen (secondary N) is 1. The first-order valence-electron chi connectivity index (χ1n) is 8.41. The minimum atomic E-state index is -0.700. The van der Waals surface area contributed by atoms with Gasteiger partial charge in [-0.25, -0.2) is 9.80 Å². The third-order valence-electron chi connectivity index (χ3n) is 4.30. The summed E-state index contributed by atoms with van der Waals surface area (Å²) in [6.07, 6.45) is 1.81. The molecule has 0 saturated carbocycles. The van der Waals surface area contributed by atoms with Gasteiger partial charge in [0.25, 0.3) is 5.56 Å². The van der Waals surface area contributed by atoms with E-state index in [4.69, 9.17) is 0 Å². The van der Waals surface area contributed by atoms with Crippen LogP contribution in [0.4, 0.5) is 0 Å². The number of rotatable bonds is 5. The lowest BCUT2D eigenvalue weighted by Gasteiger charge is -2.18. The number of aromatic nitrogens is 2. The Labute approximate surface area is 153 Å². The molecule has 1 aliphatic rings. The van der Waals surface area contributed by atoms with E-state index in [2.05, 4.69) is 10.1 Å². The van der Waals surface area contributed by atoms with Gasteiger partial charge in [-0.15, -0.1) is 11.3 Å². The summed E-state index contributed by atoms with van der Waals surface area (Å²) in [4.78, 5) is 39.5. The quantitative estimate of drug-likeness (QED) is 0.829. The van der Waals surface area contributed by atoms with Crippen molar-refractivity contribution in [3.8, 4) is 5.88 Å². The zero-order valence-corrected chi connectivity index (χ0v) is 15.4. The van der Waals surface area contributed by atoms with Crippen LogP contribution in [0.1, 0.15) is 49.6 Å². The first-order chi connectivity index (χ1) is 12.4. The normalized spacial score (nSPS) is 16.8. The molecule has 3 heterocycles. The fraction of sp³-hybridized carbons (Fsp3) is 0.412. The maximum Gasteiger partial charge on any atom is 0.331 e. The summed E-state index contributed by atoms with van der Waals surface area (Å²) in [5.41, 5.74) is -1.11. The van der Waals surface area contributed by atoms with Crippen molar-refractivity contribution < 1.29 is 9.90 Å². The zero-order chi connectivity index (χ0) is 18.8. The average molecular weight is 376 g/mol. The second-order valence-corrected chi connectivity index (χ2v) is 7.09. The maximum atomic E-state index is 12.3. The predicted molar refractivity (Wildman–Crippen MR) is 98.6 cm³/mol. The molecule has 0 aromatic carbocycles. The van der Waals surface area contributed by atoms with Crippen molar-refractivity contribution in [3.05, 3.63) is 48.8 Å². The molecule has 138 valence electrons. The molecule has 2 N–H and O–H groups in total. The van der Waals surface area contributed by atoms with Crippen LogP contribution in [0.5, 0.6) is 5.88 Å². The van der Waals surface area contributed by atoms with Crippen molar-refractivity contribution in [1.82, 2.24) is 14.6 Å². The lowest BCUT2D eigenvalue weighted by molar-refractivity contribution is -0.130. The number of thiophene rings is 1. The Morgan fingerprint density at radius 3 is 2.85 bits per heavy atom. The van der Waals surface area contributed by atoms with Gasteiger partial charge in [0, 0.05) is 24.8 Å². The van der Waals surface area contributed by atoms with Gasteiger partial charge in [0.15, 0.2) is 0 Å². The lowest BCUT2D eigenvalue weighted by atomic mass is 10.0. The maximum absolute atomic E-state index is 12.3. The van der Waals surface area contributed by atoms with Gasteiger partial charge in [-0.2, -0.15) is 5.10 Å². The molecule has 3 rings (SSSR count). The second-order valence-electron chi connectivity index (χ2n) is 6.11. The van der Waals surface area contributed by atoms with Crippen LogP contribution < -0.4 is 11.2 Å². The number of aromatic amines is 1. The molecule has 8 nitrogen and oxygen atoms in total. The van der Waals surface area contributed by atoms with Gasteiger partial charge in [-0.1, -0.05) is 19.4 Å². The van der Waals surface area contributed by atoms with Crippen molar-refractivity contribution >= 4 is 23.0 Å². The smallest absolute Gasteiger partial charge is 0.331 e. The Morgan fingerprint density at radius 2 is 2.23 bits per heavy atom. The molecule has 1 amide bonds. The number of nitrogens with zero attached hydrogens (tertiary/aromatic N) is 3. The van der Waals surface area contributed by atoms with E-state index < -0.39 is 17.1 Å². The molecule has 0 saturated heterocycles. The number of amides is 1. The van der Waals surface area contributed by atoms with Crippen molar-refractivity contribution in [3.63, 3.8) is 0 Å². The number of unbranched alkanes of at least 4 members (excludes halogenated alkanes) is 1. The summed E-state index contributed by atoms with van der Waals surface area (Å²) < 4.78 is 1.14. The Kier molecular flexibility index (Phi) is 5.08. The van der Waals surface area contributed by atoms with E-state index in [-0.39, 0.29) is 17.5 Å². The molecule has 0 spiro atoms. The number of hydrogen-bond donors (Lipinski definition) is 2. The van der Waals surface area contributed by atoms with E-state index >= 15 is 0 Å². The van der Waals surface area contributed by atoms with Crippen molar-refractivity contribution in [2.75, 3.05) is 0 Å². The van der Waals surface area contributed by atoms with Crippen LogP contribution in [-0.4, -0.2) is 31.3 Å². The van der Waals surface area contributed by atoms with Gasteiger partial charge < -0.3 is 5.11 Å². The first-order valence-corrected chi connectivity index (χ1v) is 9.29.